The molecule has 0 spiro atoms. The predicted octanol–water partition coefficient (Wildman–Crippen LogP) is 2.98. The van der Waals surface area contributed by atoms with Crippen LogP contribution in [0.2, 0.25) is 0 Å². The Morgan fingerprint density at radius 1 is 1.40 bits per heavy atom. The maximum Gasteiger partial charge on any atom is 0.329 e. The number of aromatic nitrogens is 2. The number of nitrogens with zero attached hydrogens (tertiary/aromatic N) is 2. The maximum atomic E-state index is 12.2. The summed E-state index contributed by atoms with van der Waals surface area (Å²) in [7, 11) is 1.81. The van der Waals surface area contributed by atoms with Crippen molar-refractivity contribution < 1.29 is 9.53 Å². The molecule has 2 rings (SSSR count). The van der Waals surface area contributed by atoms with Crippen LogP contribution in [0.3, 0.4) is 0 Å². The van der Waals surface area contributed by atoms with E-state index in [1.165, 1.54) is 0 Å². The second-order valence-corrected chi connectivity index (χ2v) is 4.64. The van der Waals surface area contributed by atoms with E-state index in [1.54, 1.807) is 0 Å². The fourth-order valence-corrected chi connectivity index (χ4v) is 2.29. The van der Waals surface area contributed by atoms with Gasteiger partial charge in [0, 0.05) is 7.05 Å². The summed E-state index contributed by atoms with van der Waals surface area (Å²) in [5, 5.41) is 3.05. The van der Waals surface area contributed by atoms with Gasteiger partial charge in [-0.2, -0.15) is 0 Å². The minimum atomic E-state index is -0.351. The quantitative estimate of drug-likeness (QED) is 0.823. The number of ether oxygens (including phenoxy) is 1. The fourth-order valence-electron chi connectivity index (χ4n) is 2.29. The zero-order valence-electron chi connectivity index (χ0n) is 12.2. The molecule has 1 aromatic carbocycles. The molecule has 1 atom stereocenters. The van der Waals surface area contributed by atoms with E-state index in [-0.39, 0.29) is 12.0 Å². The van der Waals surface area contributed by atoms with Crippen molar-refractivity contribution in [3.63, 3.8) is 0 Å². The highest BCUT2D eigenvalue weighted by Gasteiger charge is 2.24. The van der Waals surface area contributed by atoms with Crippen LogP contribution in [0.1, 0.15) is 32.7 Å². The van der Waals surface area contributed by atoms with Gasteiger partial charge in [0.15, 0.2) is 0 Å². The standard InChI is InChI=1S/C15H21N3O2/c1-4-10-20-14(19)12(5-2)18-13-9-7-6-8-11(13)17-15(18)16-3/h6-9,12H,4-5,10H2,1-3H3,(H,16,17). The fraction of sp³-hybridized carbons (Fsp3) is 0.467. The maximum absolute atomic E-state index is 12.2. The smallest absolute Gasteiger partial charge is 0.329 e. The number of anilines is 1. The molecule has 0 saturated carbocycles. The van der Waals surface area contributed by atoms with E-state index in [1.807, 2.05) is 49.7 Å². The molecule has 1 heterocycles. The topological polar surface area (TPSA) is 56.1 Å². The average molecular weight is 275 g/mol. The van der Waals surface area contributed by atoms with E-state index in [9.17, 15) is 4.79 Å². The van der Waals surface area contributed by atoms with Crippen molar-refractivity contribution in [2.24, 2.45) is 0 Å². The molecule has 20 heavy (non-hydrogen) atoms. The molecule has 0 aliphatic rings. The Labute approximate surface area is 118 Å². The highest BCUT2D eigenvalue weighted by atomic mass is 16.5. The van der Waals surface area contributed by atoms with Gasteiger partial charge in [-0.15, -0.1) is 0 Å². The van der Waals surface area contributed by atoms with Crippen molar-refractivity contribution in [2.45, 2.75) is 32.7 Å². The Hall–Kier alpha value is -2.04. The molecule has 0 bridgehead atoms. The number of para-hydroxylation sites is 2. The number of benzene rings is 1. The molecule has 0 radical (unpaired) electrons. The summed E-state index contributed by atoms with van der Waals surface area (Å²) in [6.07, 6.45) is 1.49. The van der Waals surface area contributed by atoms with E-state index < -0.39 is 0 Å². The minimum absolute atomic E-state index is 0.200. The Morgan fingerprint density at radius 2 is 2.15 bits per heavy atom. The van der Waals surface area contributed by atoms with E-state index in [0.29, 0.717) is 19.0 Å². The van der Waals surface area contributed by atoms with Gasteiger partial charge in [-0.3, -0.25) is 4.57 Å². The number of carbonyl (C=O) groups excluding carboxylic acids is 1. The van der Waals surface area contributed by atoms with Crippen molar-refractivity contribution in [3.8, 4) is 0 Å². The van der Waals surface area contributed by atoms with Gasteiger partial charge in [-0.05, 0) is 25.0 Å². The molecule has 5 heteroatoms. The summed E-state index contributed by atoms with van der Waals surface area (Å²) in [5.74, 6) is 0.487. The van der Waals surface area contributed by atoms with Gasteiger partial charge in [-0.25, -0.2) is 9.78 Å². The largest absolute Gasteiger partial charge is 0.464 e. The van der Waals surface area contributed by atoms with Gasteiger partial charge in [0.2, 0.25) is 5.95 Å². The second-order valence-electron chi connectivity index (χ2n) is 4.64. The summed E-state index contributed by atoms with van der Waals surface area (Å²) in [6.45, 7) is 4.42. The number of fused-ring (bicyclic) bond motifs is 1. The number of esters is 1. The lowest BCUT2D eigenvalue weighted by atomic mass is 10.2. The Balaban J connectivity index is 2.45. The van der Waals surface area contributed by atoms with Crippen LogP contribution in [0.5, 0.6) is 0 Å². The number of carbonyl (C=O) groups is 1. The Bertz CT molecular complexity index is 592. The molecule has 5 nitrogen and oxygen atoms in total. The van der Waals surface area contributed by atoms with Crippen LogP contribution in [0, 0.1) is 0 Å². The summed E-state index contributed by atoms with van der Waals surface area (Å²) in [6, 6.07) is 7.45. The zero-order valence-corrected chi connectivity index (χ0v) is 12.2. The summed E-state index contributed by atoms with van der Waals surface area (Å²) < 4.78 is 7.23. The van der Waals surface area contributed by atoms with Gasteiger partial charge in [0.05, 0.1) is 17.6 Å². The molecule has 0 saturated heterocycles. The van der Waals surface area contributed by atoms with Crippen LogP contribution in [-0.2, 0) is 9.53 Å². The second kappa shape index (κ2) is 6.41. The lowest BCUT2D eigenvalue weighted by Gasteiger charge is -2.18. The normalized spacial score (nSPS) is 12.3. The Morgan fingerprint density at radius 3 is 2.80 bits per heavy atom. The Kier molecular flexibility index (Phi) is 4.61. The molecular formula is C15H21N3O2. The first-order valence-electron chi connectivity index (χ1n) is 7.04. The molecule has 0 aliphatic heterocycles. The third-order valence-electron chi connectivity index (χ3n) is 3.24. The number of rotatable bonds is 6. The molecule has 2 aromatic rings. The first-order chi connectivity index (χ1) is 9.72. The van der Waals surface area contributed by atoms with Crippen molar-refractivity contribution in [1.29, 1.82) is 0 Å². The molecule has 0 fully saturated rings. The molecular weight excluding hydrogens is 254 g/mol. The van der Waals surface area contributed by atoms with Crippen LogP contribution in [0.25, 0.3) is 11.0 Å². The van der Waals surface area contributed by atoms with Crippen LogP contribution in [-0.4, -0.2) is 29.2 Å². The molecule has 1 aromatic heterocycles. The minimum Gasteiger partial charge on any atom is -0.464 e. The van der Waals surface area contributed by atoms with Crippen molar-refractivity contribution in [1.82, 2.24) is 9.55 Å². The van der Waals surface area contributed by atoms with Crippen LogP contribution >= 0.6 is 0 Å². The van der Waals surface area contributed by atoms with Crippen molar-refractivity contribution >= 4 is 23.0 Å². The van der Waals surface area contributed by atoms with Gasteiger partial charge in [0.1, 0.15) is 6.04 Å². The van der Waals surface area contributed by atoms with Crippen molar-refractivity contribution in [3.05, 3.63) is 24.3 Å². The predicted molar refractivity (Wildman–Crippen MR) is 79.9 cm³/mol. The van der Waals surface area contributed by atoms with Crippen LogP contribution in [0.4, 0.5) is 5.95 Å². The first kappa shape index (κ1) is 14.4. The molecule has 1 N–H and O–H groups in total. The molecule has 0 aliphatic carbocycles. The zero-order chi connectivity index (χ0) is 14.5. The van der Waals surface area contributed by atoms with Crippen molar-refractivity contribution in [2.75, 3.05) is 19.0 Å². The average Bonchev–Trinajstić information content (AvgIpc) is 2.85. The number of nitrogens with one attached hydrogen (secondary N) is 1. The molecule has 0 amide bonds. The summed E-state index contributed by atoms with van der Waals surface area (Å²) in [5.41, 5.74) is 1.82. The highest BCUT2D eigenvalue weighted by Crippen LogP contribution is 2.26. The molecule has 1 unspecified atom stereocenters. The highest BCUT2D eigenvalue weighted by molar-refractivity contribution is 5.83. The van der Waals surface area contributed by atoms with Gasteiger partial charge >= 0.3 is 5.97 Å². The van der Waals surface area contributed by atoms with Gasteiger partial charge < -0.3 is 10.1 Å². The number of hydrogen-bond donors (Lipinski definition) is 1. The number of hydrogen-bond acceptors (Lipinski definition) is 4. The van der Waals surface area contributed by atoms with E-state index in [0.717, 1.165) is 17.5 Å². The van der Waals surface area contributed by atoms with Crippen LogP contribution in [0.15, 0.2) is 24.3 Å². The monoisotopic (exact) mass is 275 g/mol. The van der Waals surface area contributed by atoms with E-state index >= 15 is 0 Å². The third-order valence-corrected chi connectivity index (χ3v) is 3.24. The lowest BCUT2D eigenvalue weighted by molar-refractivity contribution is -0.147. The lowest BCUT2D eigenvalue weighted by Crippen LogP contribution is -2.23. The van der Waals surface area contributed by atoms with E-state index in [2.05, 4.69) is 10.3 Å². The van der Waals surface area contributed by atoms with Gasteiger partial charge in [-0.1, -0.05) is 26.0 Å². The summed E-state index contributed by atoms with van der Waals surface area (Å²) >= 11 is 0. The van der Waals surface area contributed by atoms with Crippen LogP contribution < -0.4 is 5.32 Å². The van der Waals surface area contributed by atoms with Gasteiger partial charge in [0.25, 0.3) is 0 Å². The molecule has 108 valence electrons. The van der Waals surface area contributed by atoms with E-state index in [4.69, 9.17) is 4.74 Å². The first-order valence-corrected chi connectivity index (χ1v) is 7.04. The third kappa shape index (κ3) is 2.61. The summed E-state index contributed by atoms with van der Waals surface area (Å²) in [4.78, 5) is 16.8. The number of imidazole rings is 1. The SMILES string of the molecule is CCCOC(=O)C(CC)n1c(NC)nc2ccccc21.